The van der Waals surface area contributed by atoms with E-state index in [4.69, 9.17) is 4.74 Å². The molecule has 0 unspecified atom stereocenters. The van der Waals surface area contributed by atoms with Crippen molar-refractivity contribution in [3.63, 3.8) is 0 Å². The summed E-state index contributed by atoms with van der Waals surface area (Å²) in [4.78, 5) is 27.0. The third-order valence-electron chi connectivity index (χ3n) is 4.24. The normalized spacial score (nSPS) is 32.2. The van der Waals surface area contributed by atoms with E-state index in [0.29, 0.717) is 24.3 Å². The van der Waals surface area contributed by atoms with Crippen molar-refractivity contribution in [2.45, 2.75) is 22.5 Å². The van der Waals surface area contributed by atoms with Gasteiger partial charge in [0.25, 0.3) is 0 Å². The van der Waals surface area contributed by atoms with E-state index in [1.54, 1.807) is 31.4 Å². The number of hydrogen-bond acceptors (Lipinski definition) is 3. The summed E-state index contributed by atoms with van der Waals surface area (Å²) in [5.74, 6) is 0.116. The number of anilines is 1. The van der Waals surface area contributed by atoms with Crippen LogP contribution in [0.3, 0.4) is 0 Å². The lowest BCUT2D eigenvalue weighted by molar-refractivity contribution is -0.122. The number of ether oxygens (including phenoxy) is 1. The Hall–Kier alpha value is -0.880. The molecule has 6 heteroatoms. The molecule has 1 aromatic rings. The fraction of sp³-hybridized carbons (Fsp3) is 0.467. The first kappa shape index (κ1) is 15.0. The van der Waals surface area contributed by atoms with E-state index in [-0.39, 0.29) is 33.3 Å². The van der Waals surface area contributed by atoms with Gasteiger partial charge in [-0.25, -0.2) is 0 Å². The van der Waals surface area contributed by atoms with Crippen LogP contribution >= 0.6 is 31.9 Å². The van der Waals surface area contributed by atoms with Crippen LogP contribution in [-0.2, 0) is 9.59 Å². The first-order valence-electron chi connectivity index (χ1n) is 6.83. The minimum atomic E-state index is -0.210. The Morgan fingerprint density at radius 3 is 1.90 bits per heavy atom. The molecule has 0 N–H and O–H groups in total. The van der Waals surface area contributed by atoms with Crippen LogP contribution in [0.2, 0.25) is 0 Å². The first-order chi connectivity index (χ1) is 10.0. The lowest BCUT2D eigenvalue weighted by Crippen LogP contribution is -2.34. The zero-order valence-corrected chi connectivity index (χ0v) is 14.6. The van der Waals surface area contributed by atoms with Crippen molar-refractivity contribution in [3.8, 4) is 5.75 Å². The van der Waals surface area contributed by atoms with Gasteiger partial charge in [0.05, 0.1) is 24.6 Å². The Bertz CT molecular complexity index is 547. The number of carbonyl (C=O) groups is 2. The quantitative estimate of drug-likeness (QED) is 0.549. The molecule has 1 saturated carbocycles. The van der Waals surface area contributed by atoms with Crippen LogP contribution in [0.25, 0.3) is 0 Å². The predicted molar refractivity (Wildman–Crippen MR) is 87.1 cm³/mol. The van der Waals surface area contributed by atoms with Crippen LogP contribution < -0.4 is 9.64 Å². The van der Waals surface area contributed by atoms with Crippen LogP contribution in [0.15, 0.2) is 24.3 Å². The van der Waals surface area contributed by atoms with Crippen LogP contribution in [0.4, 0.5) is 5.69 Å². The maximum Gasteiger partial charge on any atom is 0.237 e. The molecular formula is C15H15Br2NO3. The average molecular weight is 417 g/mol. The first-order valence-corrected chi connectivity index (χ1v) is 8.66. The molecule has 1 aliphatic heterocycles. The molecule has 2 fully saturated rings. The maximum absolute atomic E-state index is 12.6. The van der Waals surface area contributed by atoms with Crippen molar-refractivity contribution in [2.75, 3.05) is 12.0 Å². The Labute approximate surface area is 140 Å². The number of amides is 2. The third kappa shape index (κ3) is 2.52. The van der Waals surface area contributed by atoms with E-state index in [1.807, 2.05) is 0 Å². The van der Waals surface area contributed by atoms with Crippen molar-refractivity contribution in [1.82, 2.24) is 0 Å². The zero-order chi connectivity index (χ0) is 15.1. The minimum Gasteiger partial charge on any atom is -0.497 e. The molecule has 2 amide bonds. The Morgan fingerprint density at radius 1 is 1.00 bits per heavy atom. The highest BCUT2D eigenvalue weighted by molar-refractivity contribution is 9.12. The topological polar surface area (TPSA) is 46.6 Å². The van der Waals surface area contributed by atoms with Gasteiger partial charge in [0.2, 0.25) is 11.8 Å². The smallest absolute Gasteiger partial charge is 0.237 e. The van der Waals surface area contributed by atoms with Crippen molar-refractivity contribution in [1.29, 1.82) is 0 Å². The van der Waals surface area contributed by atoms with Gasteiger partial charge in [-0.2, -0.15) is 0 Å². The van der Waals surface area contributed by atoms with Crippen LogP contribution in [0.5, 0.6) is 5.75 Å². The summed E-state index contributed by atoms with van der Waals surface area (Å²) in [6, 6.07) is 7.03. The van der Waals surface area contributed by atoms with Gasteiger partial charge >= 0.3 is 0 Å². The molecule has 21 heavy (non-hydrogen) atoms. The number of carbonyl (C=O) groups excluding carboxylic acids is 2. The monoisotopic (exact) mass is 415 g/mol. The number of rotatable bonds is 2. The van der Waals surface area contributed by atoms with Crippen LogP contribution in [0.1, 0.15) is 12.8 Å². The van der Waals surface area contributed by atoms with Crippen molar-refractivity contribution in [2.24, 2.45) is 11.8 Å². The zero-order valence-electron chi connectivity index (χ0n) is 11.5. The van der Waals surface area contributed by atoms with Crippen molar-refractivity contribution in [3.05, 3.63) is 24.3 Å². The lowest BCUT2D eigenvalue weighted by Gasteiger charge is -2.29. The maximum atomic E-state index is 12.6. The number of halogens is 2. The summed E-state index contributed by atoms with van der Waals surface area (Å²) in [6.07, 6.45) is 1.38. The minimum absolute atomic E-state index is 0.0842. The second-order valence-electron chi connectivity index (χ2n) is 5.43. The molecular weight excluding hydrogens is 402 g/mol. The molecule has 0 spiro atoms. The molecule has 1 heterocycles. The van der Waals surface area contributed by atoms with Gasteiger partial charge < -0.3 is 4.74 Å². The number of nitrogens with zero attached hydrogens (tertiary/aromatic N) is 1. The lowest BCUT2D eigenvalue weighted by atomic mass is 9.81. The third-order valence-corrected chi connectivity index (χ3v) is 6.98. The van der Waals surface area contributed by atoms with E-state index < -0.39 is 0 Å². The van der Waals surface area contributed by atoms with Crippen molar-refractivity contribution >= 4 is 49.4 Å². The summed E-state index contributed by atoms with van der Waals surface area (Å²) in [6.45, 7) is 0. The fourth-order valence-electron chi connectivity index (χ4n) is 3.08. The SMILES string of the molecule is COc1ccc(N2C(=O)[C@@H]3C[C@@H](Br)[C@@H](Br)C[C@H]3C2=O)cc1. The number of imide groups is 1. The van der Waals surface area contributed by atoms with E-state index in [9.17, 15) is 9.59 Å². The van der Waals surface area contributed by atoms with Gasteiger partial charge in [0.1, 0.15) is 5.75 Å². The summed E-state index contributed by atoms with van der Waals surface area (Å²) in [7, 11) is 1.59. The summed E-state index contributed by atoms with van der Waals surface area (Å²) < 4.78 is 5.11. The van der Waals surface area contributed by atoms with Crippen LogP contribution in [-0.4, -0.2) is 28.6 Å². The van der Waals surface area contributed by atoms with Gasteiger partial charge in [-0.15, -0.1) is 0 Å². The van der Waals surface area contributed by atoms with E-state index in [0.717, 1.165) is 0 Å². The highest BCUT2D eigenvalue weighted by Crippen LogP contribution is 2.44. The van der Waals surface area contributed by atoms with E-state index >= 15 is 0 Å². The Balaban J connectivity index is 1.89. The molecule has 1 aromatic carbocycles. The highest BCUT2D eigenvalue weighted by atomic mass is 79.9. The van der Waals surface area contributed by atoms with E-state index in [2.05, 4.69) is 31.9 Å². The highest BCUT2D eigenvalue weighted by Gasteiger charge is 2.52. The van der Waals surface area contributed by atoms with Crippen molar-refractivity contribution < 1.29 is 14.3 Å². The molecule has 3 rings (SSSR count). The molecule has 0 bridgehead atoms. The van der Waals surface area contributed by atoms with E-state index in [1.165, 1.54) is 4.90 Å². The molecule has 0 radical (unpaired) electrons. The number of alkyl halides is 2. The predicted octanol–water partition coefficient (Wildman–Crippen LogP) is 3.12. The second kappa shape index (κ2) is 5.72. The largest absolute Gasteiger partial charge is 0.497 e. The number of hydrogen-bond donors (Lipinski definition) is 0. The Morgan fingerprint density at radius 2 is 1.48 bits per heavy atom. The van der Waals surface area contributed by atoms with Gasteiger partial charge in [-0.1, -0.05) is 31.9 Å². The van der Waals surface area contributed by atoms with Gasteiger partial charge in [-0.3, -0.25) is 14.5 Å². The van der Waals surface area contributed by atoms with Gasteiger partial charge in [0.15, 0.2) is 0 Å². The number of methoxy groups -OCH3 is 1. The molecule has 112 valence electrons. The molecule has 4 atom stereocenters. The van der Waals surface area contributed by atoms with Gasteiger partial charge in [0, 0.05) is 9.65 Å². The summed E-state index contributed by atoms with van der Waals surface area (Å²) in [5, 5.41) is 0. The average Bonchev–Trinajstić information content (AvgIpc) is 2.72. The molecule has 1 aliphatic carbocycles. The summed E-state index contributed by atoms with van der Waals surface area (Å²) in [5.41, 5.74) is 0.623. The molecule has 4 nitrogen and oxygen atoms in total. The number of benzene rings is 1. The number of fused-ring (bicyclic) bond motifs is 1. The van der Waals surface area contributed by atoms with Gasteiger partial charge in [-0.05, 0) is 37.1 Å². The molecule has 1 saturated heterocycles. The fourth-order valence-corrected chi connectivity index (χ4v) is 4.32. The summed E-state index contributed by atoms with van der Waals surface area (Å²) >= 11 is 7.17. The molecule has 0 aromatic heterocycles. The standard InChI is InChI=1S/C15H15Br2NO3/c1-21-9-4-2-8(3-5-9)18-14(19)10-6-12(16)13(17)7-11(10)15(18)20/h2-5,10-13H,6-7H2,1H3/t10-,11-,12-,13+/m1/s1. The van der Waals surface area contributed by atoms with Crippen LogP contribution in [0, 0.1) is 11.8 Å². The molecule has 2 aliphatic rings. The second-order valence-corrected chi connectivity index (χ2v) is 7.78. The Kier molecular flexibility index (Phi) is 4.10.